The molecule has 0 rings (SSSR count). The molecule has 0 N–H and O–H groups in total. The van der Waals surface area contributed by atoms with Gasteiger partial charge in [-0.2, -0.15) is 0 Å². The van der Waals surface area contributed by atoms with Crippen LogP contribution in [0.1, 0.15) is 316 Å². The van der Waals surface area contributed by atoms with Crippen molar-refractivity contribution < 1.29 is 28.6 Å². The van der Waals surface area contributed by atoms with Crippen LogP contribution in [-0.2, 0) is 28.6 Å². The van der Waals surface area contributed by atoms with E-state index in [1.807, 2.05) is 0 Å². The maximum Gasteiger partial charge on any atom is 0.306 e. The summed E-state index contributed by atoms with van der Waals surface area (Å²) in [6.45, 7) is 6.41. The maximum absolute atomic E-state index is 13.0. The van der Waals surface area contributed by atoms with E-state index in [0.29, 0.717) is 19.3 Å². The minimum atomic E-state index is -0.792. The summed E-state index contributed by atoms with van der Waals surface area (Å²) in [5.74, 6) is -0.898. The molecular formula is C77H128O6. The van der Waals surface area contributed by atoms with Crippen LogP contribution in [0.25, 0.3) is 0 Å². The van der Waals surface area contributed by atoms with Crippen molar-refractivity contribution in [2.75, 3.05) is 13.2 Å². The Labute approximate surface area is 513 Å². The first kappa shape index (κ1) is 78.5. The molecule has 0 saturated heterocycles. The smallest absolute Gasteiger partial charge is 0.306 e. The fraction of sp³-hybridized carbons (Fsp3) is 0.675. The highest BCUT2D eigenvalue weighted by molar-refractivity contribution is 5.71. The Hall–Kier alpha value is -4.45. The molecule has 472 valence electrons. The Kier molecular flexibility index (Phi) is 66.3. The summed E-state index contributed by atoms with van der Waals surface area (Å²) in [7, 11) is 0. The lowest BCUT2D eigenvalue weighted by atomic mass is 10.0. The van der Waals surface area contributed by atoms with Gasteiger partial charge in [0.2, 0.25) is 0 Å². The molecule has 6 nitrogen and oxygen atoms in total. The lowest BCUT2D eigenvalue weighted by Crippen LogP contribution is -2.30. The Morgan fingerprint density at radius 2 is 0.470 bits per heavy atom. The molecular weight excluding hydrogens is 1020 g/mol. The molecule has 0 amide bonds. The van der Waals surface area contributed by atoms with Crippen molar-refractivity contribution in [3.8, 4) is 0 Å². The number of carbonyl (C=O) groups excluding carboxylic acids is 3. The SMILES string of the molecule is CC/C=C\C/C=C\C/C=C\C/C=C\C/C=C\C/C=C\CCCCCCCCCCC(=O)OCC(COC(=O)CCCCCCC/C=C\CCCCCC)OC(=O)CCCCCCCCCCCCCC/C=C\C/C=C\C/C=C\C/C=C\CC. The number of allylic oxidation sites excluding steroid dienone is 22. The van der Waals surface area contributed by atoms with Crippen LogP contribution in [0.3, 0.4) is 0 Å². The molecule has 0 spiro atoms. The van der Waals surface area contributed by atoms with Crippen LogP contribution in [0.5, 0.6) is 0 Å². The van der Waals surface area contributed by atoms with Crippen LogP contribution in [-0.4, -0.2) is 37.2 Å². The third kappa shape index (κ3) is 68.2. The van der Waals surface area contributed by atoms with Crippen molar-refractivity contribution in [1.82, 2.24) is 0 Å². The van der Waals surface area contributed by atoms with Gasteiger partial charge in [-0.1, -0.05) is 296 Å². The molecule has 0 aliphatic rings. The Bertz CT molecular complexity index is 1750. The van der Waals surface area contributed by atoms with Gasteiger partial charge in [0.25, 0.3) is 0 Å². The van der Waals surface area contributed by atoms with E-state index in [1.54, 1.807) is 0 Å². The van der Waals surface area contributed by atoms with Crippen molar-refractivity contribution in [3.63, 3.8) is 0 Å². The number of rotatable bonds is 62. The third-order valence-corrected chi connectivity index (χ3v) is 14.6. The topological polar surface area (TPSA) is 78.9 Å². The molecule has 0 aromatic heterocycles. The van der Waals surface area contributed by atoms with Crippen molar-refractivity contribution in [2.24, 2.45) is 0 Å². The Morgan fingerprint density at radius 3 is 0.747 bits per heavy atom. The summed E-state index contributed by atoms with van der Waals surface area (Å²) < 4.78 is 17.0. The van der Waals surface area contributed by atoms with E-state index < -0.39 is 6.10 Å². The van der Waals surface area contributed by atoms with Gasteiger partial charge in [0.05, 0.1) is 0 Å². The lowest BCUT2D eigenvalue weighted by molar-refractivity contribution is -0.167. The summed E-state index contributed by atoms with van der Waals surface area (Å²) in [4.78, 5) is 38.4. The first-order valence-corrected chi connectivity index (χ1v) is 34.7. The van der Waals surface area contributed by atoms with Crippen molar-refractivity contribution in [1.29, 1.82) is 0 Å². The van der Waals surface area contributed by atoms with Crippen molar-refractivity contribution >= 4 is 17.9 Å². The van der Waals surface area contributed by atoms with Gasteiger partial charge in [-0.25, -0.2) is 0 Å². The molecule has 0 aliphatic heterocycles. The van der Waals surface area contributed by atoms with Crippen molar-refractivity contribution in [3.05, 3.63) is 134 Å². The highest BCUT2D eigenvalue weighted by Gasteiger charge is 2.19. The molecule has 6 heteroatoms. The van der Waals surface area contributed by atoms with E-state index in [0.717, 1.165) is 135 Å². The first-order chi connectivity index (χ1) is 41.0. The summed E-state index contributed by atoms with van der Waals surface area (Å²) >= 11 is 0. The predicted octanol–water partition coefficient (Wildman–Crippen LogP) is 24.1. The average Bonchev–Trinajstić information content (AvgIpc) is 3.49. The van der Waals surface area contributed by atoms with Crippen LogP contribution in [0.2, 0.25) is 0 Å². The number of carbonyl (C=O) groups is 3. The second kappa shape index (κ2) is 70.0. The standard InChI is InChI=1S/C77H128O6/c1-4-7-10-13-16-19-22-25-27-29-31-33-35-37-38-40-41-43-45-47-49-52-55-58-61-64-67-70-76(79)82-73-74(72-81-75(78)69-66-63-60-57-54-51-24-21-18-15-12-9-6-3)83-77(80)71-68-65-62-59-56-53-50-48-46-44-42-39-36-34-32-30-28-26-23-20-17-14-11-8-5-2/h7-8,10-11,16-17,19-21,24-28,31-34,37-38,41,43,74H,4-6,9,12-15,18,22-23,29-30,35-36,39-40,42,44-73H2,1-3H3/b10-7-,11-8-,19-16-,20-17-,24-21-,27-25-,28-26-,33-31-,34-32-,38-37-,43-41-. The number of hydrogen-bond donors (Lipinski definition) is 0. The summed E-state index contributed by atoms with van der Waals surface area (Å²) in [6.07, 6.45) is 98.9. The number of hydrogen-bond acceptors (Lipinski definition) is 6. The highest BCUT2D eigenvalue weighted by Crippen LogP contribution is 2.16. The summed E-state index contributed by atoms with van der Waals surface area (Å²) in [6, 6.07) is 0. The van der Waals surface area contributed by atoms with E-state index in [-0.39, 0.29) is 31.1 Å². The molecule has 0 bridgehead atoms. The highest BCUT2D eigenvalue weighted by atomic mass is 16.6. The minimum absolute atomic E-state index is 0.0872. The van der Waals surface area contributed by atoms with Gasteiger partial charge in [0.1, 0.15) is 13.2 Å². The molecule has 1 atom stereocenters. The van der Waals surface area contributed by atoms with Gasteiger partial charge >= 0.3 is 17.9 Å². The van der Waals surface area contributed by atoms with Crippen molar-refractivity contribution in [2.45, 2.75) is 322 Å². The average molecular weight is 1150 g/mol. The first-order valence-electron chi connectivity index (χ1n) is 34.7. The second-order valence-electron chi connectivity index (χ2n) is 22.7. The van der Waals surface area contributed by atoms with Gasteiger partial charge in [-0.05, 0) is 135 Å². The monoisotopic (exact) mass is 1150 g/mol. The van der Waals surface area contributed by atoms with Crippen LogP contribution in [0.15, 0.2) is 134 Å². The van der Waals surface area contributed by atoms with Gasteiger partial charge in [0.15, 0.2) is 6.10 Å². The van der Waals surface area contributed by atoms with E-state index in [2.05, 4.69) is 154 Å². The summed E-state index contributed by atoms with van der Waals surface area (Å²) in [5.41, 5.74) is 0. The minimum Gasteiger partial charge on any atom is -0.462 e. The van der Waals surface area contributed by atoms with E-state index >= 15 is 0 Å². The molecule has 0 heterocycles. The molecule has 1 unspecified atom stereocenters. The molecule has 0 aliphatic carbocycles. The second-order valence-corrected chi connectivity index (χ2v) is 22.7. The van der Waals surface area contributed by atoms with E-state index in [9.17, 15) is 14.4 Å². The zero-order valence-corrected chi connectivity index (χ0v) is 54.2. The fourth-order valence-corrected chi connectivity index (χ4v) is 9.49. The normalized spacial score (nSPS) is 13.0. The number of esters is 3. The fourth-order valence-electron chi connectivity index (χ4n) is 9.49. The third-order valence-electron chi connectivity index (χ3n) is 14.6. The molecule has 0 radical (unpaired) electrons. The molecule has 0 aromatic carbocycles. The molecule has 83 heavy (non-hydrogen) atoms. The molecule has 0 aromatic rings. The number of ether oxygens (including phenoxy) is 3. The van der Waals surface area contributed by atoms with Gasteiger partial charge in [-0.15, -0.1) is 0 Å². The maximum atomic E-state index is 13.0. The van der Waals surface area contributed by atoms with Gasteiger partial charge < -0.3 is 14.2 Å². The summed E-state index contributed by atoms with van der Waals surface area (Å²) in [5, 5.41) is 0. The van der Waals surface area contributed by atoms with E-state index in [4.69, 9.17) is 14.2 Å². The quantitative estimate of drug-likeness (QED) is 0.0261. The molecule has 0 saturated carbocycles. The zero-order valence-electron chi connectivity index (χ0n) is 54.2. The van der Waals surface area contributed by atoms with Crippen LogP contribution >= 0.6 is 0 Å². The van der Waals surface area contributed by atoms with Crippen LogP contribution in [0, 0.1) is 0 Å². The predicted molar refractivity (Wildman–Crippen MR) is 362 cm³/mol. The zero-order chi connectivity index (χ0) is 59.9. The van der Waals surface area contributed by atoms with Crippen LogP contribution in [0.4, 0.5) is 0 Å². The Balaban J connectivity index is 4.34. The van der Waals surface area contributed by atoms with E-state index in [1.165, 1.54) is 141 Å². The number of unbranched alkanes of at least 4 members (excludes halogenated alkanes) is 29. The van der Waals surface area contributed by atoms with Gasteiger partial charge in [-0.3, -0.25) is 14.4 Å². The lowest BCUT2D eigenvalue weighted by Gasteiger charge is -2.18. The van der Waals surface area contributed by atoms with Gasteiger partial charge in [0, 0.05) is 19.3 Å². The molecule has 0 fully saturated rings. The van der Waals surface area contributed by atoms with Crippen LogP contribution < -0.4 is 0 Å². The Morgan fingerprint density at radius 1 is 0.253 bits per heavy atom. The largest absolute Gasteiger partial charge is 0.462 e.